The van der Waals surface area contributed by atoms with Crippen LogP contribution >= 0.6 is 11.6 Å². The average Bonchev–Trinajstić information content (AvgIpc) is 2.85. The van der Waals surface area contributed by atoms with Crippen molar-refractivity contribution >= 4 is 11.6 Å². The molecule has 3 aliphatic carbocycles. The van der Waals surface area contributed by atoms with E-state index in [1.807, 2.05) is 7.11 Å². The third-order valence-electron chi connectivity index (χ3n) is 9.58. The van der Waals surface area contributed by atoms with E-state index in [1.54, 1.807) is 0 Å². The summed E-state index contributed by atoms with van der Waals surface area (Å²) in [6.07, 6.45) is 23.5. The van der Waals surface area contributed by atoms with Gasteiger partial charge in [-0.25, -0.2) is 0 Å². The fourth-order valence-electron chi connectivity index (χ4n) is 7.40. The van der Waals surface area contributed by atoms with Crippen LogP contribution in [0.5, 0.6) is 0 Å². The van der Waals surface area contributed by atoms with E-state index >= 15 is 0 Å². The number of halogens is 1. The minimum atomic E-state index is 0.773. The molecule has 0 unspecified atom stereocenters. The van der Waals surface area contributed by atoms with Crippen molar-refractivity contribution in [2.24, 2.45) is 29.6 Å². The second-order valence-electron chi connectivity index (χ2n) is 11.5. The van der Waals surface area contributed by atoms with Crippen molar-refractivity contribution in [2.45, 2.75) is 109 Å². The lowest BCUT2D eigenvalue weighted by Gasteiger charge is -2.38. The zero-order chi connectivity index (χ0) is 22.2. The van der Waals surface area contributed by atoms with E-state index < -0.39 is 0 Å². The summed E-state index contributed by atoms with van der Waals surface area (Å²) in [6.45, 7) is 0.951. The van der Waals surface area contributed by atoms with Gasteiger partial charge in [0.05, 0.1) is 0 Å². The molecule has 0 N–H and O–H groups in total. The number of benzene rings is 1. The van der Waals surface area contributed by atoms with Gasteiger partial charge in [0.25, 0.3) is 0 Å². The number of hydrogen-bond acceptors (Lipinski definition) is 1. The van der Waals surface area contributed by atoms with E-state index in [0.717, 1.165) is 47.1 Å². The first-order valence-electron chi connectivity index (χ1n) is 14.0. The van der Waals surface area contributed by atoms with E-state index in [-0.39, 0.29) is 0 Å². The molecule has 0 atom stereocenters. The Labute approximate surface area is 203 Å². The summed E-state index contributed by atoms with van der Waals surface area (Å²) in [5.41, 5.74) is 1.51. The Bertz CT molecular complexity index is 631. The molecule has 2 heteroatoms. The number of methoxy groups -OCH3 is 1. The molecule has 0 heterocycles. The molecule has 3 fully saturated rings. The fraction of sp³-hybridized carbons (Fsp3) is 0.800. The van der Waals surface area contributed by atoms with Crippen molar-refractivity contribution in [3.63, 3.8) is 0 Å². The van der Waals surface area contributed by atoms with Crippen LogP contribution < -0.4 is 0 Å². The van der Waals surface area contributed by atoms with E-state index in [0.29, 0.717) is 0 Å². The Morgan fingerprint density at radius 3 is 1.66 bits per heavy atom. The van der Waals surface area contributed by atoms with Crippen LogP contribution in [0.1, 0.15) is 114 Å². The van der Waals surface area contributed by atoms with Crippen LogP contribution in [0.25, 0.3) is 0 Å². The molecule has 32 heavy (non-hydrogen) atoms. The zero-order valence-corrected chi connectivity index (χ0v) is 21.3. The van der Waals surface area contributed by atoms with Crippen molar-refractivity contribution in [3.8, 4) is 0 Å². The number of hydrogen-bond donors (Lipinski definition) is 0. The predicted octanol–water partition coefficient (Wildman–Crippen LogP) is 9.43. The Morgan fingerprint density at radius 2 is 1.12 bits per heavy atom. The Balaban J connectivity index is 1.09. The first kappa shape index (κ1) is 24.6. The Kier molecular flexibility index (Phi) is 9.84. The summed E-state index contributed by atoms with van der Waals surface area (Å²) in [5, 5.41) is 0.866. The molecule has 0 amide bonds. The normalized spacial score (nSPS) is 33.8. The van der Waals surface area contributed by atoms with Gasteiger partial charge in [0.1, 0.15) is 0 Å². The molecule has 0 aromatic heterocycles. The summed E-state index contributed by atoms with van der Waals surface area (Å²) in [4.78, 5) is 0. The van der Waals surface area contributed by atoms with Gasteiger partial charge in [-0.3, -0.25) is 0 Å². The summed E-state index contributed by atoms with van der Waals surface area (Å²) < 4.78 is 5.23. The van der Waals surface area contributed by atoms with Crippen molar-refractivity contribution in [1.82, 2.24) is 0 Å². The monoisotopic (exact) mass is 458 g/mol. The number of rotatable bonds is 9. The average molecular weight is 459 g/mol. The summed E-state index contributed by atoms with van der Waals surface area (Å²) >= 11 is 6.08. The maximum absolute atomic E-state index is 6.08. The smallest absolute Gasteiger partial charge is 0.0462 e. The Hall–Kier alpha value is -0.530. The van der Waals surface area contributed by atoms with Crippen LogP contribution in [-0.2, 0) is 4.74 Å². The van der Waals surface area contributed by atoms with Gasteiger partial charge in [0, 0.05) is 18.7 Å². The highest BCUT2D eigenvalue weighted by molar-refractivity contribution is 6.30. The molecule has 3 saturated carbocycles. The second-order valence-corrected chi connectivity index (χ2v) is 12.0. The van der Waals surface area contributed by atoms with Crippen molar-refractivity contribution in [1.29, 1.82) is 0 Å². The molecule has 3 aliphatic rings. The van der Waals surface area contributed by atoms with Crippen molar-refractivity contribution in [3.05, 3.63) is 34.9 Å². The van der Waals surface area contributed by atoms with E-state index in [9.17, 15) is 0 Å². The lowest BCUT2D eigenvalue weighted by Crippen LogP contribution is -2.25. The van der Waals surface area contributed by atoms with E-state index in [1.165, 1.54) is 108 Å². The molecule has 0 radical (unpaired) electrons. The summed E-state index contributed by atoms with van der Waals surface area (Å²) in [6, 6.07) is 8.65. The molecule has 0 saturated heterocycles. The van der Waals surface area contributed by atoms with Gasteiger partial charge in [0.2, 0.25) is 0 Å². The minimum absolute atomic E-state index is 0.773. The van der Waals surface area contributed by atoms with Gasteiger partial charge in [-0.2, -0.15) is 0 Å². The lowest BCUT2D eigenvalue weighted by atomic mass is 9.67. The van der Waals surface area contributed by atoms with Crippen LogP contribution in [-0.4, -0.2) is 13.7 Å². The van der Waals surface area contributed by atoms with Crippen LogP contribution in [0.4, 0.5) is 0 Å². The van der Waals surface area contributed by atoms with Crippen molar-refractivity contribution < 1.29 is 4.74 Å². The summed E-state index contributed by atoms with van der Waals surface area (Å²) in [7, 11) is 1.83. The second kappa shape index (κ2) is 12.8. The fourth-order valence-corrected chi connectivity index (χ4v) is 7.53. The SMILES string of the molecule is COCCC[C@H]1CC[C@H](CC[C@H]2CC[C@H]([C@H]3CC[C@H](c4ccc(Cl)cc4)CC3)CC2)CC1. The highest BCUT2D eigenvalue weighted by Crippen LogP contribution is 2.45. The van der Waals surface area contributed by atoms with E-state index in [2.05, 4.69) is 24.3 Å². The standard InChI is InChI=1S/C30H47ClO/c1-32-22-2-3-23-4-6-24(7-5-23)8-9-25-10-12-26(13-11-25)27-14-16-28(17-15-27)29-18-20-30(31)21-19-29/h18-21,23-28H,2-17,22H2,1H3/t23-,24-,25-,26-,27-,28-. The molecule has 180 valence electrons. The number of ether oxygens (including phenoxy) is 1. The predicted molar refractivity (Wildman–Crippen MR) is 137 cm³/mol. The molecule has 0 spiro atoms. The topological polar surface area (TPSA) is 9.23 Å². The van der Waals surface area contributed by atoms with Gasteiger partial charge in [-0.15, -0.1) is 0 Å². The summed E-state index contributed by atoms with van der Waals surface area (Å²) in [5.74, 6) is 5.88. The highest BCUT2D eigenvalue weighted by atomic mass is 35.5. The van der Waals surface area contributed by atoms with Crippen LogP contribution in [0, 0.1) is 29.6 Å². The van der Waals surface area contributed by atoms with Gasteiger partial charge >= 0.3 is 0 Å². The largest absolute Gasteiger partial charge is 0.385 e. The molecule has 1 aromatic rings. The first-order valence-corrected chi connectivity index (χ1v) is 14.3. The zero-order valence-electron chi connectivity index (χ0n) is 20.6. The molecule has 0 aliphatic heterocycles. The van der Waals surface area contributed by atoms with Gasteiger partial charge in [-0.05, 0) is 105 Å². The molecule has 0 bridgehead atoms. The quantitative estimate of drug-likeness (QED) is 0.334. The Morgan fingerprint density at radius 1 is 0.656 bits per heavy atom. The van der Waals surface area contributed by atoms with Crippen LogP contribution in [0.3, 0.4) is 0 Å². The van der Waals surface area contributed by atoms with Crippen molar-refractivity contribution in [2.75, 3.05) is 13.7 Å². The van der Waals surface area contributed by atoms with E-state index in [4.69, 9.17) is 16.3 Å². The molecule has 1 nitrogen and oxygen atoms in total. The van der Waals surface area contributed by atoms with Crippen LogP contribution in [0.2, 0.25) is 5.02 Å². The molecule has 4 rings (SSSR count). The highest BCUT2D eigenvalue weighted by Gasteiger charge is 2.31. The molecule has 1 aromatic carbocycles. The lowest BCUT2D eigenvalue weighted by molar-refractivity contribution is 0.148. The minimum Gasteiger partial charge on any atom is -0.385 e. The molecular weight excluding hydrogens is 412 g/mol. The van der Waals surface area contributed by atoms with Gasteiger partial charge in [-0.1, -0.05) is 75.1 Å². The van der Waals surface area contributed by atoms with Crippen LogP contribution in [0.15, 0.2) is 24.3 Å². The van der Waals surface area contributed by atoms with Gasteiger partial charge < -0.3 is 4.74 Å². The maximum atomic E-state index is 6.08. The third-order valence-corrected chi connectivity index (χ3v) is 9.83. The molecular formula is C30H47ClO. The van der Waals surface area contributed by atoms with Gasteiger partial charge in [0.15, 0.2) is 0 Å². The maximum Gasteiger partial charge on any atom is 0.0462 e. The third kappa shape index (κ3) is 7.23. The first-order chi connectivity index (χ1) is 15.7.